The lowest BCUT2D eigenvalue weighted by atomic mass is 9.63. The van der Waals surface area contributed by atoms with Crippen LogP contribution in [-0.4, -0.2) is 45.4 Å². The number of hydrogen-bond donors (Lipinski definition) is 0. The number of nitrogens with zero attached hydrogens (tertiary/aromatic N) is 2. The molecule has 2 bridgehead atoms. The van der Waals surface area contributed by atoms with E-state index in [1.54, 1.807) is 42.5 Å². The third-order valence-electron chi connectivity index (χ3n) is 8.28. The predicted molar refractivity (Wildman–Crippen MR) is 139 cm³/mol. The molecule has 3 amide bonds. The molecule has 2 saturated carbocycles. The minimum absolute atomic E-state index is 0.0241. The Kier molecular flexibility index (Phi) is 6.17. The van der Waals surface area contributed by atoms with Gasteiger partial charge in [0, 0.05) is 16.5 Å². The van der Waals surface area contributed by atoms with Crippen molar-refractivity contribution in [3.8, 4) is 0 Å². The third-order valence-corrected chi connectivity index (χ3v) is 9.08. The average Bonchev–Trinajstić information content (AvgIpc) is 3.68. The summed E-state index contributed by atoms with van der Waals surface area (Å²) in [6.45, 7) is 0. The minimum atomic E-state index is -1.20. The van der Waals surface area contributed by atoms with E-state index in [2.05, 4.69) is 12.2 Å². The molecule has 4 aliphatic carbocycles. The van der Waals surface area contributed by atoms with Gasteiger partial charge in [-0.15, -0.1) is 11.6 Å². The Balaban J connectivity index is 1.45. The van der Waals surface area contributed by atoms with Gasteiger partial charge < -0.3 is 0 Å². The standard InChI is InChI=1S/C28H23Cl3N2O4/c29-12-11-22(25(34)14-5-7-15(30)8-6-14)32(26(35)18-3-1-2-4-21(18)31)33-27(36)23-16-9-10-17(20-13-19(16)20)24(23)28(33)37/h1-10,16-17,19-20,22-24H,11-13H2/t16-,17-,19-,20+,22-,23-,24+/m0/s1. The number of imide groups is 1. The fourth-order valence-corrected chi connectivity index (χ4v) is 7.11. The molecule has 1 saturated heterocycles. The van der Waals surface area contributed by atoms with E-state index < -0.39 is 41.4 Å². The van der Waals surface area contributed by atoms with Crippen LogP contribution in [0.1, 0.15) is 33.6 Å². The number of rotatable bonds is 7. The zero-order valence-electron chi connectivity index (χ0n) is 19.6. The van der Waals surface area contributed by atoms with Crippen LogP contribution in [0.25, 0.3) is 0 Å². The van der Waals surface area contributed by atoms with Gasteiger partial charge in [0.2, 0.25) is 0 Å². The molecule has 7 atom stereocenters. The van der Waals surface area contributed by atoms with Crippen molar-refractivity contribution >= 4 is 58.3 Å². The molecule has 0 spiro atoms. The van der Waals surface area contributed by atoms with Gasteiger partial charge >= 0.3 is 0 Å². The van der Waals surface area contributed by atoms with Crippen molar-refractivity contribution in [3.05, 3.63) is 81.9 Å². The van der Waals surface area contributed by atoms with Gasteiger partial charge in [-0.1, -0.05) is 47.5 Å². The Morgan fingerprint density at radius 1 is 0.919 bits per heavy atom. The number of hydrazine groups is 1. The van der Waals surface area contributed by atoms with Crippen molar-refractivity contribution < 1.29 is 19.2 Å². The van der Waals surface area contributed by atoms with Crippen molar-refractivity contribution in [2.75, 3.05) is 5.88 Å². The number of Topliss-reactive ketones (excluding diaryl/α,β-unsaturated/α-hetero) is 1. The largest absolute Gasteiger partial charge is 0.292 e. The summed E-state index contributed by atoms with van der Waals surface area (Å²) in [5.41, 5.74) is 0.378. The number of allylic oxidation sites excluding steroid dienone is 2. The summed E-state index contributed by atoms with van der Waals surface area (Å²) < 4.78 is 0. The summed E-state index contributed by atoms with van der Waals surface area (Å²) in [4.78, 5) is 55.8. The lowest BCUT2D eigenvalue weighted by Gasteiger charge is -2.37. The molecule has 1 heterocycles. The zero-order valence-corrected chi connectivity index (χ0v) is 21.9. The molecule has 2 aromatic rings. The summed E-state index contributed by atoms with van der Waals surface area (Å²) >= 11 is 18.5. The summed E-state index contributed by atoms with van der Waals surface area (Å²) in [6.07, 6.45) is 5.16. The number of ketones is 1. The first-order chi connectivity index (χ1) is 17.8. The van der Waals surface area contributed by atoms with Crippen molar-refractivity contribution in [1.82, 2.24) is 10.0 Å². The third kappa shape index (κ3) is 3.84. The van der Waals surface area contributed by atoms with Crippen LogP contribution >= 0.6 is 34.8 Å². The second-order valence-electron chi connectivity index (χ2n) is 10.1. The lowest BCUT2D eigenvalue weighted by Crippen LogP contribution is -2.57. The molecule has 37 heavy (non-hydrogen) atoms. The van der Waals surface area contributed by atoms with Crippen molar-refractivity contribution in [3.63, 3.8) is 0 Å². The predicted octanol–water partition coefficient (Wildman–Crippen LogP) is 5.28. The second kappa shape index (κ2) is 9.26. The molecule has 0 radical (unpaired) electrons. The Hall–Kier alpha value is -2.67. The fraction of sp³-hybridized carbons (Fsp3) is 0.357. The molecule has 9 heteroatoms. The maximum Gasteiger partial charge on any atom is 0.275 e. The molecule has 6 nitrogen and oxygen atoms in total. The summed E-state index contributed by atoms with van der Waals surface area (Å²) in [5, 5.41) is 2.56. The maximum absolute atomic E-state index is 14.1. The van der Waals surface area contributed by atoms with E-state index in [-0.39, 0.29) is 40.3 Å². The topological polar surface area (TPSA) is 74.8 Å². The van der Waals surface area contributed by atoms with Gasteiger partial charge in [-0.25, -0.2) is 5.01 Å². The molecular formula is C28H23Cl3N2O4. The van der Waals surface area contributed by atoms with E-state index in [0.717, 1.165) is 16.4 Å². The maximum atomic E-state index is 14.1. The van der Waals surface area contributed by atoms with Crippen LogP contribution in [0.5, 0.6) is 0 Å². The SMILES string of the molecule is O=C(c1ccc(Cl)cc1)[C@H](CCCl)N(C(=O)c1ccccc1Cl)N1C(=O)[C@@H]2[C@H]3C=C[C@@H]([C@@H]4C[C@H]34)[C@@H]2C1=O. The molecule has 5 aliphatic rings. The normalized spacial score (nSPS) is 29.6. The first kappa shape index (κ1) is 24.7. The summed E-state index contributed by atoms with van der Waals surface area (Å²) in [6, 6.07) is 11.4. The van der Waals surface area contributed by atoms with Crippen molar-refractivity contribution in [2.45, 2.75) is 18.9 Å². The van der Waals surface area contributed by atoms with Crippen LogP contribution < -0.4 is 0 Å². The highest BCUT2D eigenvalue weighted by atomic mass is 35.5. The molecular weight excluding hydrogens is 535 g/mol. The Labute approximate surface area is 229 Å². The van der Waals surface area contributed by atoms with Crippen LogP contribution in [0.15, 0.2) is 60.7 Å². The van der Waals surface area contributed by atoms with Gasteiger partial charge in [-0.05, 0) is 72.9 Å². The van der Waals surface area contributed by atoms with E-state index in [9.17, 15) is 19.2 Å². The number of alkyl halides is 1. The van der Waals surface area contributed by atoms with Crippen LogP contribution in [-0.2, 0) is 9.59 Å². The van der Waals surface area contributed by atoms with Gasteiger partial charge in [0.05, 0.1) is 22.4 Å². The van der Waals surface area contributed by atoms with Crippen molar-refractivity contribution in [2.24, 2.45) is 35.5 Å². The molecule has 2 aromatic carbocycles. The van der Waals surface area contributed by atoms with Crippen LogP contribution in [0.4, 0.5) is 0 Å². The molecule has 7 rings (SSSR count). The first-order valence-corrected chi connectivity index (χ1v) is 13.6. The molecule has 0 unspecified atom stereocenters. The second-order valence-corrected chi connectivity index (χ2v) is 11.4. The summed E-state index contributed by atoms with van der Waals surface area (Å²) in [5.74, 6) is -2.33. The van der Waals surface area contributed by atoms with Gasteiger partial charge in [0.1, 0.15) is 6.04 Å². The van der Waals surface area contributed by atoms with E-state index in [1.165, 1.54) is 6.07 Å². The van der Waals surface area contributed by atoms with E-state index in [0.29, 0.717) is 16.9 Å². The number of carbonyl (C=O) groups excluding carboxylic acids is 4. The molecule has 190 valence electrons. The highest BCUT2D eigenvalue weighted by molar-refractivity contribution is 6.34. The van der Waals surface area contributed by atoms with E-state index >= 15 is 0 Å². The Morgan fingerprint density at radius 2 is 1.51 bits per heavy atom. The Morgan fingerprint density at radius 3 is 2.08 bits per heavy atom. The van der Waals surface area contributed by atoms with Crippen molar-refractivity contribution in [1.29, 1.82) is 0 Å². The highest BCUT2D eigenvalue weighted by Crippen LogP contribution is 2.65. The van der Waals surface area contributed by atoms with Crippen LogP contribution in [0.3, 0.4) is 0 Å². The van der Waals surface area contributed by atoms with Gasteiger partial charge in [0.25, 0.3) is 17.7 Å². The molecule has 0 N–H and O–H groups in total. The average molecular weight is 558 g/mol. The van der Waals surface area contributed by atoms with Gasteiger partial charge in [0.15, 0.2) is 5.78 Å². The van der Waals surface area contributed by atoms with Gasteiger partial charge in [-0.2, -0.15) is 5.01 Å². The molecule has 0 aromatic heterocycles. The number of benzene rings is 2. The summed E-state index contributed by atoms with van der Waals surface area (Å²) in [7, 11) is 0. The monoisotopic (exact) mass is 556 g/mol. The number of hydrogen-bond acceptors (Lipinski definition) is 4. The smallest absolute Gasteiger partial charge is 0.275 e. The zero-order chi connectivity index (χ0) is 26.0. The Bertz CT molecular complexity index is 1310. The fourth-order valence-electron chi connectivity index (χ4n) is 6.56. The lowest BCUT2D eigenvalue weighted by molar-refractivity contribution is -0.157. The molecule has 3 fully saturated rings. The van der Waals surface area contributed by atoms with Crippen LogP contribution in [0, 0.1) is 35.5 Å². The minimum Gasteiger partial charge on any atom is -0.292 e. The number of halogens is 3. The van der Waals surface area contributed by atoms with Crippen LogP contribution in [0.2, 0.25) is 10.0 Å². The first-order valence-electron chi connectivity index (χ1n) is 12.3. The van der Waals surface area contributed by atoms with E-state index in [4.69, 9.17) is 34.8 Å². The number of carbonyl (C=O) groups is 4. The van der Waals surface area contributed by atoms with E-state index in [1.807, 2.05) is 0 Å². The quantitative estimate of drug-likeness (QED) is 0.201. The highest BCUT2D eigenvalue weighted by Gasteiger charge is 2.68. The number of amides is 3. The molecule has 1 aliphatic heterocycles. The van der Waals surface area contributed by atoms with Gasteiger partial charge in [-0.3, -0.25) is 19.2 Å².